The van der Waals surface area contributed by atoms with E-state index in [0.29, 0.717) is 36.3 Å². The first kappa shape index (κ1) is 24.3. The maximum absolute atomic E-state index is 10.7. The van der Waals surface area contributed by atoms with Crippen LogP contribution in [0.15, 0.2) is 41.4 Å². The van der Waals surface area contributed by atoms with Gasteiger partial charge in [-0.1, -0.05) is 12.1 Å². The van der Waals surface area contributed by atoms with Crippen molar-refractivity contribution in [2.24, 2.45) is 4.99 Å². The molecule has 0 atom stereocenters. The van der Waals surface area contributed by atoms with Crippen molar-refractivity contribution in [1.29, 1.82) is 0 Å². The summed E-state index contributed by atoms with van der Waals surface area (Å²) in [6.07, 6.45) is 0. The van der Waals surface area contributed by atoms with Gasteiger partial charge in [-0.05, 0) is 23.3 Å². The molecule has 2 aromatic carbocycles. The fourth-order valence-corrected chi connectivity index (χ4v) is 2.57. The lowest BCUT2D eigenvalue weighted by Crippen LogP contribution is -2.36. The van der Waals surface area contributed by atoms with E-state index in [1.54, 1.807) is 40.5 Å². The Labute approximate surface area is 186 Å². The number of hydrogen-bond acceptors (Lipinski definition) is 6. The van der Waals surface area contributed by atoms with Crippen molar-refractivity contribution in [3.8, 4) is 17.2 Å². The molecule has 0 saturated heterocycles. The van der Waals surface area contributed by atoms with Crippen molar-refractivity contribution < 1.29 is 19.1 Å². The summed E-state index contributed by atoms with van der Waals surface area (Å²) in [5.74, 6) is 2.28. The molecule has 0 aliphatic rings. The second-order valence-corrected chi connectivity index (χ2v) is 5.74. The third-order valence-electron chi connectivity index (χ3n) is 4.02. The van der Waals surface area contributed by atoms with Crippen LogP contribution in [0.1, 0.15) is 11.1 Å². The van der Waals surface area contributed by atoms with Crippen LogP contribution in [-0.4, -0.2) is 39.3 Å². The number of methoxy groups -OCH3 is 3. The number of rotatable bonds is 8. The summed E-state index contributed by atoms with van der Waals surface area (Å²) in [5, 5.41) is 17.1. The van der Waals surface area contributed by atoms with Gasteiger partial charge in [-0.15, -0.1) is 24.0 Å². The van der Waals surface area contributed by atoms with Crippen LogP contribution in [0.25, 0.3) is 0 Å². The van der Waals surface area contributed by atoms with Gasteiger partial charge < -0.3 is 24.8 Å². The first-order valence-electron chi connectivity index (χ1n) is 8.49. The zero-order chi connectivity index (χ0) is 20.5. The zero-order valence-corrected chi connectivity index (χ0v) is 19.1. The highest BCUT2D eigenvalue weighted by Crippen LogP contribution is 2.38. The van der Waals surface area contributed by atoms with E-state index in [4.69, 9.17) is 14.2 Å². The molecular formula is C19H25IN4O5. The molecule has 0 saturated carbocycles. The van der Waals surface area contributed by atoms with Gasteiger partial charge in [0.2, 0.25) is 5.75 Å². The number of hydrogen-bond donors (Lipinski definition) is 2. The predicted molar refractivity (Wildman–Crippen MR) is 122 cm³/mol. The van der Waals surface area contributed by atoms with Gasteiger partial charge in [0.1, 0.15) is 0 Å². The van der Waals surface area contributed by atoms with E-state index in [2.05, 4.69) is 15.6 Å². The summed E-state index contributed by atoms with van der Waals surface area (Å²) in [6.45, 7) is 0.962. The molecule has 0 aliphatic heterocycles. The Balaban J connectivity index is 0.00000420. The molecule has 0 unspecified atom stereocenters. The highest BCUT2D eigenvalue weighted by atomic mass is 127. The number of ether oxygens (including phenoxy) is 3. The Hall–Kier alpha value is -2.76. The zero-order valence-electron chi connectivity index (χ0n) is 16.7. The molecule has 2 aromatic rings. The number of nitro groups is 1. The van der Waals surface area contributed by atoms with E-state index in [-0.39, 0.29) is 29.7 Å². The lowest BCUT2D eigenvalue weighted by Gasteiger charge is -2.16. The van der Waals surface area contributed by atoms with Crippen molar-refractivity contribution in [1.82, 2.24) is 10.6 Å². The SMILES string of the molecule is CN=C(NCc1ccc([N+](=O)[O-])cc1)NCc1cc(OC)c(OC)c(OC)c1.I. The van der Waals surface area contributed by atoms with E-state index >= 15 is 0 Å². The van der Waals surface area contributed by atoms with Crippen LogP contribution >= 0.6 is 24.0 Å². The summed E-state index contributed by atoms with van der Waals surface area (Å²) in [6, 6.07) is 10.1. The molecule has 10 heteroatoms. The summed E-state index contributed by atoms with van der Waals surface area (Å²) < 4.78 is 16.0. The van der Waals surface area contributed by atoms with Crippen molar-refractivity contribution >= 4 is 35.6 Å². The minimum atomic E-state index is -0.422. The lowest BCUT2D eigenvalue weighted by molar-refractivity contribution is -0.384. The van der Waals surface area contributed by atoms with E-state index in [9.17, 15) is 10.1 Å². The number of halogens is 1. The average molecular weight is 516 g/mol. The maximum Gasteiger partial charge on any atom is 0.269 e. The number of aliphatic imine (C=N–C) groups is 1. The van der Waals surface area contributed by atoms with Crippen molar-refractivity contribution in [3.63, 3.8) is 0 Å². The quantitative estimate of drug-likeness (QED) is 0.183. The topological polar surface area (TPSA) is 107 Å². The molecule has 0 radical (unpaired) electrons. The largest absolute Gasteiger partial charge is 0.493 e. The molecule has 2 rings (SSSR count). The molecule has 0 aliphatic carbocycles. The van der Waals surface area contributed by atoms with E-state index in [0.717, 1.165) is 11.1 Å². The minimum absolute atomic E-state index is 0. The van der Waals surface area contributed by atoms with E-state index in [1.807, 2.05) is 12.1 Å². The molecule has 2 N–H and O–H groups in total. The molecular weight excluding hydrogens is 491 g/mol. The Morgan fingerprint density at radius 1 is 0.966 bits per heavy atom. The van der Waals surface area contributed by atoms with Crippen molar-refractivity contribution in [3.05, 3.63) is 57.6 Å². The lowest BCUT2D eigenvalue weighted by atomic mass is 10.2. The molecule has 0 heterocycles. The molecule has 0 spiro atoms. The number of non-ortho nitro benzene ring substituents is 1. The van der Waals surface area contributed by atoms with Crippen LogP contribution in [0, 0.1) is 10.1 Å². The minimum Gasteiger partial charge on any atom is -0.493 e. The Kier molecular flexibility index (Phi) is 10.00. The standard InChI is InChI=1S/C19H24N4O5.HI/c1-20-19(21-11-13-5-7-15(8-6-13)23(24)25)22-12-14-9-16(26-2)18(28-4)17(10-14)27-3;/h5-10H,11-12H2,1-4H3,(H2,20,21,22);1H. The van der Waals surface area contributed by atoms with Crippen molar-refractivity contribution in [2.45, 2.75) is 13.1 Å². The number of guanidine groups is 1. The number of benzene rings is 2. The number of nitrogens with zero attached hydrogens (tertiary/aromatic N) is 2. The third kappa shape index (κ3) is 6.66. The smallest absolute Gasteiger partial charge is 0.269 e. The van der Waals surface area contributed by atoms with Gasteiger partial charge in [-0.3, -0.25) is 15.1 Å². The Morgan fingerprint density at radius 2 is 1.48 bits per heavy atom. The van der Waals surface area contributed by atoms with E-state index < -0.39 is 4.92 Å². The van der Waals surface area contributed by atoms with Gasteiger partial charge >= 0.3 is 0 Å². The van der Waals surface area contributed by atoms with Gasteiger partial charge in [0.25, 0.3) is 5.69 Å². The second kappa shape index (κ2) is 11.9. The highest BCUT2D eigenvalue weighted by molar-refractivity contribution is 14.0. The summed E-state index contributed by atoms with van der Waals surface area (Å²) in [7, 11) is 6.36. The van der Waals surface area contributed by atoms with Crippen LogP contribution in [0.4, 0.5) is 5.69 Å². The first-order chi connectivity index (χ1) is 13.5. The van der Waals surface area contributed by atoms with Crippen molar-refractivity contribution in [2.75, 3.05) is 28.4 Å². The van der Waals surface area contributed by atoms with Gasteiger partial charge in [-0.2, -0.15) is 0 Å². The van der Waals surface area contributed by atoms with E-state index in [1.165, 1.54) is 12.1 Å². The van der Waals surface area contributed by atoms with Crippen LogP contribution in [0.3, 0.4) is 0 Å². The Morgan fingerprint density at radius 3 is 1.90 bits per heavy atom. The fourth-order valence-electron chi connectivity index (χ4n) is 2.57. The number of nitro benzene ring substituents is 1. The van der Waals surface area contributed by atoms with Gasteiger partial charge in [0.05, 0.1) is 26.3 Å². The van der Waals surface area contributed by atoms with Crippen LogP contribution in [0.2, 0.25) is 0 Å². The molecule has 9 nitrogen and oxygen atoms in total. The maximum atomic E-state index is 10.7. The second-order valence-electron chi connectivity index (χ2n) is 5.74. The molecule has 29 heavy (non-hydrogen) atoms. The third-order valence-corrected chi connectivity index (χ3v) is 4.02. The molecule has 0 bridgehead atoms. The molecule has 158 valence electrons. The predicted octanol–water partition coefficient (Wildman–Crippen LogP) is 3.10. The monoisotopic (exact) mass is 516 g/mol. The molecule has 0 amide bonds. The van der Waals surface area contributed by atoms with Crippen LogP contribution in [-0.2, 0) is 13.1 Å². The van der Waals surface area contributed by atoms with Gasteiger partial charge in [-0.25, -0.2) is 0 Å². The Bertz CT molecular complexity index is 818. The van der Waals surface area contributed by atoms with Gasteiger partial charge in [0.15, 0.2) is 17.5 Å². The number of nitrogens with one attached hydrogen (secondary N) is 2. The average Bonchev–Trinajstić information content (AvgIpc) is 2.73. The summed E-state index contributed by atoms with van der Waals surface area (Å²) >= 11 is 0. The fraction of sp³-hybridized carbons (Fsp3) is 0.316. The van der Waals surface area contributed by atoms with Crippen LogP contribution < -0.4 is 24.8 Å². The van der Waals surface area contributed by atoms with Crippen LogP contribution in [0.5, 0.6) is 17.2 Å². The molecule has 0 fully saturated rings. The highest BCUT2D eigenvalue weighted by Gasteiger charge is 2.13. The normalized spacial score (nSPS) is 10.6. The summed E-state index contributed by atoms with van der Waals surface area (Å²) in [5.41, 5.74) is 1.89. The summed E-state index contributed by atoms with van der Waals surface area (Å²) in [4.78, 5) is 14.5. The molecule has 0 aromatic heterocycles. The van der Waals surface area contributed by atoms with Gasteiger partial charge in [0, 0.05) is 32.3 Å². The first-order valence-corrected chi connectivity index (χ1v) is 8.49.